The van der Waals surface area contributed by atoms with Gasteiger partial charge < -0.3 is 11.1 Å². The summed E-state index contributed by atoms with van der Waals surface area (Å²) < 4.78 is 44.3. The number of sulfone groups is 1. The summed E-state index contributed by atoms with van der Waals surface area (Å²) in [4.78, 5) is -0.0851. The van der Waals surface area contributed by atoms with Crippen molar-refractivity contribution in [1.82, 2.24) is 0 Å². The molecule has 0 fully saturated rings. The third-order valence-corrected chi connectivity index (χ3v) is 4.20. The Balaban J connectivity index is 2.72. The lowest BCUT2D eigenvalue weighted by molar-refractivity contribution is 0.597. The highest BCUT2D eigenvalue weighted by Gasteiger charge is 2.10. The van der Waals surface area contributed by atoms with Crippen molar-refractivity contribution in [2.24, 2.45) is 5.14 Å². The summed E-state index contributed by atoms with van der Waals surface area (Å²) in [5, 5.41) is 7.92. The SMILES string of the molecule is CS(=O)(=O)CCCNc1cc(N)cc(S(N)(=O)=O)c1. The quantitative estimate of drug-likeness (QED) is 0.491. The fourth-order valence-electron chi connectivity index (χ4n) is 1.46. The third-order valence-electron chi connectivity index (χ3n) is 2.28. The van der Waals surface area contributed by atoms with Gasteiger partial charge in [-0.3, -0.25) is 0 Å². The van der Waals surface area contributed by atoms with E-state index in [4.69, 9.17) is 10.9 Å². The number of hydrogen-bond donors (Lipinski definition) is 3. The van der Waals surface area contributed by atoms with E-state index in [2.05, 4.69) is 5.32 Å². The number of anilines is 2. The summed E-state index contributed by atoms with van der Waals surface area (Å²) in [5.41, 5.74) is 6.32. The van der Waals surface area contributed by atoms with Crippen molar-refractivity contribution < 1.29 is 16.8 Å². The molecule has 0 aliphatic carbocycles. The first-order valence-electron chi connectivity index (χ1n) is 5.43. The average molecular weight is 307 g/mol. The van der Waals surface area contributed by atoms with Crippen LogP contribution in [-0.4, -0.2) is 35.4 Å². The molecule has 108 valence electrons. The van der Waals surface area contributed by atoms with E-state index in [0.717, 1.165) is 6.26 Å². The van der Waals surface area contributed by atoms with Gasteiger partial charge in [-0.2, -0.15) is 0 Å². The van der Waals surface area contributed by atoms with Crippen LogP contribution in [-0.2, 0) is 19.9 Å². The summed E-state index contributed by atoms with van der Waals surface area (Å²) in [7, 11) is -6.82. The van der Waals surface area contributed by atoms with Crippen LogP contribution in [0, 0.1) is 0 Å². The average Bonchev–Trinajstić information content (AvgIpc) is 2.21. The van der Waals surface area contributed by atoms with Crippen molar-refractivity contribution in [3.05, 3.63) is 18.2 Å². The number of rotatable bonds is 6. The molecule has 0 saturated carbocycles. The molecule has 9 heteroatoms. The molecule has 0 aromatic heterocycles. The predicted molar refractivity (Wildman–Crippen MR) is 75.0 cm³/mol. The Bertz CT molecular complexity index is 653. The Morgan fingerprint density at radius 1 is 1.16 bits per heavy atom. The second kappa shape index (κ2) is 5.76. The first kappa shape index (κ1) is 15.7. The molecule has 19 heavy (non-hydrogen) atoms. The van der Waals surface area contributed by atoms with Gasteiger partial charge in [-0.25, -0.2) is 22.0 Å². The lowest BCUT2D eigenvalue weighted by Crippen LogP contribution is -2.14. The van der Waals surface area contributed by atoms with E-state index >= 15 is 0 Å². The molecule has 1 rings (SSSR count). The molecule has 0 radical (unpaired) electrons. The fraction of sp³-hybridized carbons (Fsp3) is 0.400. The van der Waals surface area contributed by atoms with Gasteiger partial charge in [0.15, 0.2) is 0 Å². The Hall–Kier alpha value is -1.32. The van der Waals surface area contributed by atoms with Crippen LogP contribution in [0.5, 0.6) is 0 Å². The van der Waals surface area contributed by atoms with E-state index in [9.17, 15) is 16.8 Å². The molecule has 0 unspecified atom stereocenters. The number of sulfonamides is 1. The highest BCUT2D eigenvalue weighted by atomic mass is 32.2. The van der Waals surface area contributed by atoms with Crippen LogP contribution in [0.3, 0.4) is 0 Å². The monoisotopic (exact) mass is 307 g/mol. The number of nitrogens with two attached hydrogens (primary N) is 2. The number of benzene rings is 1. The van der Waals surface area contributed by atoms with Crippen molar-refractivity contribution in [1.29, 1.82) is 0 Å². The van der Waals surface area contributed by atoms with Crippen molar-refractivity contribution in [3.63, 3.8) is 0 Å². The highest BCUT2D eigenvalue weighted by Crippen LogP contribution is 2.19. The van der Waals surface area contributed by atoms with Crippen LogP contribution < -0.4 is 16.2 Å². The summed E-state index contributed by atoms with van der Waals surface area (Å²) in [5.74, 6) is 0.0599. The Morgan fingerprint density at radius 2 is 1.79 bits per heavy atom. The van der Waals surface area contributed by atoms with Crippen molar-refractivity contribution in [2.75, 3.05) is 29.6 Å². The summed E-state index contributed by atoms with van der Waals surface area (Å²) >= 11 is 0. The minimum atomic E-state index is -3.82. The zero-order chi connectivity index (χ0) is 14.7. The van der Waals surface area contributed by atoms with Crippen LogP contribution in [0.2, 0.25) is 0 Å². The van der Waals surface area contributed by atoms with Crippen LogP contribution in [0.15, 0.2) is 23.1 Å². The zero-order valence-corrected chi connectivity index (χ0v) is 12.1. The maximum absolute atomic E-state index is 11.2. The number of primary sulfonamides is 1. The van der Waals surface area contributed by atoms with Gasteiger partial charge in [-0.1, -0.05) is 0 Å². The first-order valence-corrected chi connectivity index (χ1v) is 9.03. The first-order chi connectivity index (χ1) is 8.58. The Kier molecular flexibility index (Phi) is 4.77. The van der Waals surface area contributed by atoms with Gasteiger partial charge >= 0.3 is 0 Å². The van der Waals surface area contributed by atoms with Gasteiger partial charge in [0.1, 0.15) is 9.84 Å². The highest BCUT2D eigenvalue weighted by molar-refractivity contribution is 7.90. The van der Waals surface area contributed by atoms with E-state index in [1.807, 2.05) is 0 Å². The third kappa shape index (κ3) is 5.90. The molecule has 0 spiro atoms. The fourth-order valence-corrected chi connectivity index (χ4v) is 2.72. The van der Waals surface area contributed by atoms with E-state index in [1.54, 1.807) is 6.07 Å². The van der Waals surface area contributed by atoms with Gasteiger partial charge in [-0.15, -0.1) is 0 Å². The summed E-state index contributed by atoms with van der Waals surface area (Å²) in [6, 6.07) is 4.16. The minimum absolute atomic E-state index is 0.0599. The molecule has 1 aromatic rings. The standard InChI is InChI=1S/C10H17N3O4S2/c1-18(14,15)4-2-3-13-9-5-8(11)6-10(7-9)19(12,16)17/h5-7,13H,2-4,11H2,1H3,(H2,12,16,17). The lowest BCUT2D eigenvalue weighted by Gasteiger charge is -2.09. The maximum atomic E-state index is 11.2. The molecule has 0 saturated heterocycles. The van der Waals surface area contributed by atoms with E-state index in [-0.39, 0.29) is 16.3 Å². The van der Waals surface area contributed by atoms with Gasteiger partial charge in [0, 0.05) is 24.2 Å². The summed E-state index contributed by atoms with van der Waals surface area (Å²) in [6.45, 7) is 0.389. The minimum Gasteiger partial charge on any atom is -0.399 e. The van der Waals surface area contributed by atoms with Crippen LogP contribution in [0.1, 0.15) is 6.42 Å². The molecule has 0 aliphatic rings. The number of hydrogen-bond acceptors (Lipinski definition) is 6. The molecule has 0 atom stereocenters. The van der Waals surface area contributed by atoms with E-state index in [0.29, 0.717) is 18.7 Å². The number of nitrogen functional groups attached to an aromatic ring is 1. The van der Waals surface area contributed by atoms with Gasteiger partial charge in [0.2, 0.25) is 10.0 Å². The smallest absolute Gasteiger partial charge is 0.238 e. The Morgan fingerprint density at radius 3 is 2.32 bits per heavy atom. The molecule has 0 aliphatic heterocycles. The van der Waals surface area contributed by atoms with Gasteiger partial charge in [0.05, 0.1) is 10.6 Å². The molecule has 0 heterocycles. The largest absolute Gasteiger partial charge is 0.399 e. The molecule has 7 nitrogen and oxygen atoms in total. The van der Waals surface area contributed by atoms with Crippen LogP contribution in [0.25, 0.3) is 0 Å². The molecule has 0 amide bonds. The lowest BCUT2D eigenvalue weighted by atomic mass is 10.3. The Labute approximate surface area is 113 Å². The van der Waals surface area contributed by atoms with Crippen molar-refractivity contribution >= 4 is 31.2 Å². The molecule has 0 bridgehead atoms. The topological polar surface area (TPSA) is 132 Å². The molecular formula is C10H17N3O4S2. The molecule has 5 N–H and O–H groups in total. The van der Waals surface area contributed by atoms with Gasteiger partial charge in [-0.05, 0) is 24.6 Å². The summed E-state index contributed by atoms with van der Waals surface area (Å²) in [6.07, 6.45) is 1.57. The van der Waals surface area contributed by atoms with Crippen LogP contribution >= 0.6 is 0 Å². The second-order valence-electron chi connectivity index (χ2n) is 4.25. The zero-order valence-electron chi connectivity index (χ0n) is 10.5. The van der Waals surface area contributed by atoms with Crippen molar-refractivity contribution in [3.8, 4) is 0 Å². The van der Waals surface area contributed by atoms with Gasteiger partial charge in [0.25, 0.3) is 0 Å². The molecule has 1 aromatic carbocycles. The maximum Gasteiger partial charge on any atom is 0.238 e. The second-order valence-corrected chi connectivity index (χ2v) is 8.07. The molecular weight excluding hydrogens is 290 g/mol. The van der Waals surface area contributed by atoms with Crippen LogP contribution in [0.4, 0.5) is 11.4 Å². The normalized spacial score (nSPS) is 12.3. The van der Waals surface area contributed by atoms with E-state index < -0.39 is 19.9 Å². The van der Waals surface area contributed by atoms with Crippen molar-refractivity contribution in [2.45, 2.75) is 11.3 Å². The van der Waals surface area contributed by atoms with E-state index in [1.165, 1.54) is 12.1 Å². The number of nitrogens with one attached hydrogen (secondary N) is 1. The predicted octanol–water partition coefficient (Wildman–Crippen LogP) is -0.237.